The predicted molar refractivity (Wildman–Crippen MR) is 118 cm³/mol. The summed E-state index contributed by atoms with van der Waals surface area (Å²) in [5, 5.41) is 0.572. The van der Waals surface area contributed by atoms with Gasteiger partial charge in [-0.15, -0.1) is 0 Å². The fraction of sp³-hybridized carbons (Fsp3) is 0.167. The summed E-state index contributed by atoms with van der Waals surface area (Å²) < 4.78 is 23.9. The van der Waals surface area contributed by atoms with E-state index in [2.05, 4.69) is 34.2 Å². The first-order valence-electron chi connectivity index (χ1n) is 9.49. The molecule has 146 valence electrons. The summed E-state index contributed by atoms with van der Waals surface area (Å²) in [6.45, 7) is 1.76. The topological polar surface area (TPSA) is 59.9 Å². The Morgan fingerprint density at radius 3 is 2.38 bits per heavy atom. The van der Waals surface area contributed by atoms with Crippen LogP contribution in [0.1, 0.15) is 12.5 Å². The van der Waals surface area contributed by atoms with Crippen LogP contribution in [-0.2, 0) is 16.3 Å². The van der Waals surface area contributed by atoms with Crippen LogP contribution >= 0.6 is 0 Å². The summed E-state index contributed by atoms with van der Waals surface area (Å²) in [6, 6.07) is 20.3. The monoisotopic (exact) mass is 402 g/mol. The zero-order chi connectivity index (χ0) is 20.4. The Morgan fingerprint density at radius 2 is 1.62 bits per heavy atom. The van der Waals surface area contributed by atoms with Gasteiger partial charge in [-0.3, -0.25) is 9.97 Å². The molecular formula is C24H22N2O2S. The summed E-state index contributed by atoms with van der Waals surface area (Å²) in [6.07, 6.45) is 7.12. The van der Waals surface area contributed by atoms with Crippen molar-refractivity contribution in [3.63, 3.8) is 0 Å². The Kier molecular flexibility index (Phi) is 5.16. The molecule has 0 radical (unpaired) electrons. The molecule has 2 heterocycles. The Balaban J connectivity index is 1.85. The quantitative estimate of drug-likeness (QED) is 0.474. The summed E-state index contributed by atoms with van der Waals surface area (Å²) in [5.41, 5.74) is 6.17. The molecule has 0 amide bonds. The molecule has 0 aliphatic carbocycles. The third-order valence-electron chi connectivity index (χ3n) is 5.21. The molecule has 0 spiro atoms. The SMILES string of the molecule is CC(Cc1cc(-c2cccc(-c3ccncc3)c2)c2ncccc2c1)S(C)(=O)=O. The van der Waals surface area contributed by atoms with E-state index in [1.807, 2.05) is 36.4 Å². The number of benzene rings is 2. The predicted octanol–water partition coefficient (Wildman–Crippen LogP) is 4.94. The van der Waals surface area contributed by atoms with Crippen LogP contribution in [0, 0.1) is 0 Å². The number of rotatable bonds is 5. The van der Waals surface area contributed by atoms with Gasteiger partial charge in [-0.05, 0) is 72.0 Å². The van der Waals surface area contributed by atoms with Gasteiger partial charge in [-0.2, -0.15) is 0 Å². The number of hydrogen-bond acceptors (Lipinski definition) is 4. The highest BCUT2D eigenvalue weighted by atomic mass is 32.2. The standard InChI is InChI=1S/C24H22N2O2S/c1-17(29(2,27)28)13-18-14-22-7-4-10-26-24(22)23(15-18)21-6-3-5-20(16-21)19-8-11-25-12-9-19/h3-12,14-17H,13H2,1-2H3. The summed E-state index contributed by atoms with van der Waals surface area (Å²) in [5.74, 6) is 0. The molecule has 0 aliphatic heterocycles. The molecule has 1 unspecified atom stereocenters. The van der Waals surface area contributed by atoms with Crippen molar-refractivity contribution in [2.75, 3.05) is 6.26 Å². The van der Waals surface area contributed by atoms with Gasteiger partial charge in [0.25, 0.3) is 0 Å². The fourth-order valence-corrected chi connectivity index (χ4v) is 3.98. The van der Waals surface area contributed by atoms with E-state index in [0.717, 1.165) is 38.7 Å². The number of sulfone groups is 1. The zero-order valence-corrected chi connectivity index (χ0v) is 17.2. The molecule has 0 aliphatic rings. The summed E-state index contributed by atoms with van der Waals surface area (Å²) in [4.78, 5) is 8.69. The van der Waals surface area contributed by atoms with Crippen molar-refractivity contribution >= 4 is 20.7 Å². The smallest absolute Gasteiger partial charge is 0.150 e. The molecule has 4 nitrogen and oxygen atoms in total. The van der Waals surface area contributed by atoms with Crippen LogP contribution in [0.15, 0.2) is 79.3 Å². The Labute approximate surface area is 171 Å². The van der Waals surface area contributed by atoms with Gasteiger partial charge in [-0.25, -0.2) is 8.42 Å². The number of fused-ring (bicyclic) bond motifs is 1. The largest absolute Gasteiger partial charge is 0.265 e. The maximum absolute atomic E-state index is 11.9. The van der Waals surface area contributed by atoms with Gasteiger partial charge in [0, 0.05) is 35.8 Å². The van der Waals surface area contributed by atoms with E-state index < -0.39 is 15.1 Å². The molecule has 4 aromatic rings. The van der Waals surface area contributed by atoms with E-state index in [0.29, 0.717) is 6.42 Å². The van der Waals surface area contributed by atoms with Gasteiger partial charge in [0.15, 0.2) is 0 Å². The lowest BCUT2D eigenvalue weighted by molar-refractivity contribution is 0.588. The number of nitrogens with zero attached hydrogens (tertiary/aromatic N) is 2. The van der Waals surface area contributed by atoms with Crippen LogP contribution in [0.4, 0.5) is 0 Å². The van der Waals surface area contributed by atoms with Crippen molar-refractivity contribution in [1.29, 1.82) is 0 Å². The Bertz CT molecular complexity index is 1270. The highest BCUT2D eigenvalue weighted by Gasteiger charge is 2.17. The fourth-order valence-electron chi connectivity index (χ4n) is 3.49. The molecule has 2 aromatic heterocycles. The second-order valence-electron chi connectivity index (χ2n) is 7.38. The third-order valence-corrected chi connectivity index (χ3v) is 6.83. The average molecular weight is 403 g/mol. The van der Waals surface area contributed by atoms with E-state index in [1.165, 1.54) is 6.26 Å². The molecule has 5 heteroatoms. The van der Waals surface area contributed by atoms with E-state index >= 15 is 0 Å². The minimum atomic E-state index is -3.10. The van der Waals surface area contributed by atoms with Gasteiger partial charge in [-0.1, -0.05) is 24.3 Å². The molecule has 4 rings (SSSR count). The number of hydrogen-bond donors (Lipinski definition) is 0. The van der Waals surface area contributed by atoms with Crippen LogP contribution in [-0.4, -0.2) is 29.9 Å². The second-order valence-corrected chi connectivity index (χ2v) is 9.84. The Morgan fingerprint density at radius 1 is 0.862 bits per heavy atom. The van der Waals surface area contributed by atoms with E-state index in [9.17, 15) is 8.42 Å². The maximum atomic E-state index is 11.9. The van der Waals surface area contributed by atoms with Gasteiger partial charge in [0.1, 0.15) is 9.84 Å². The van der Waals surface area contributed by atoms with Crippen LogP contribution in [0.25, 0.3) is 33.2 Å². The lowest BCUT2D eigenvalue weighted by Gasteiger charge is -2.14. The summed E-state index contributed by atoms with van der Waals surface area (Å²) in [7, 11) is -3.10. The number of pyridine rings is 2. The highest BCUT2D eigenvalue weighted by Crippen LogP contribution is 2.32. The molecule has 2 aromatic carbocycles. The maximum Gasteiger partial charge on any atom is 0.150 e. The minimum absolute atomic E-state index is 0.437. The third kappa shape index (κ3) is 4.20. The lowest BCUT2D eigenvalue weighted by Crippen LogP contribution is -2.18. The molecule has 1 atom stereocenters. The zero-order valence-electron chi connectivity index (χ0n) is 16.4. The molecule has 0 saturated heterocycles. The van der Waals surface area contributed by atoms with Crippen LogP contribution in [0.5, 0.6) is 0 Å². The number of aromatic nitrogens is 2. The van der Waals surface area contributed by atoms with Crippen molar-refractivity contribution in [2.45, 2.75) is 18.6 Å². The highest BCUT2D eigenvalue weighted by molar-refractivity contribution is 7.91. The van der Waals surface area contributed by atoms with Crippen molar-refractivity contribution in [3.05, 3.63) is 84.8 Å². The molecule has 0 saturated carbocycles. The molecule has 29 heavy (non-hydrogen) atoms. The lowest BCUT2D eigenvalue weighted by atomic mass is 9.95. The van der Waals surface area contributed by atoms with Gasteiger partial charge < -0.3 is 0 Å². The van der Waals surface area contributed by atoms with Crippen LogP contribution in [0.2, 0.25) is 0 Å². The Hall–Kier alpha value is -3.05. The minimum Gasteiger partial charge on any atom is -0.265 e. The van der Waals surface area contributed by atoms with E-state index in [1.54, 1.807) is 25.5 Å². The van der Waals surface area contributed by atoms with Gasteiger partial charge >= 0.3 is 0 Å². The molecule has 0 N–H and O–H groups in total. The van der Waals surface area contributed by atoms with Crippen LogP contribution in [0.3, 0.4) is 0 Å². The molecular weight excluding hydrogens is 380 g/mol. The van der Waals surface area contributed by atoms with Crippen molar-refractivity contribution in [1.82, 2.24) is 9.97 Å². The first-order valence-corrected chi connectivity index (χ1v) is 11.4. The average Bonchev–Trinajstić information content (AvgIpc) is 2.73. The first-order chi connectivity index (χ1) is 13.9. The molecule has 0 fully saturated rings. The van der Waals surface area contributed by atoms with Crippen molar-refractivity contribution < 1.29 is 8.42 Å². The van der Waals surface area contributed by atoms with Gasteiger partial charge in [0.05, 0.1) is 10.8 Å². The second kappa shape index (κ2) is 7.76. The first kappa shape index (κ1) is 19.3. The van der Waals surface area contributed by atoms with E-state index in [4.69, 9.17) is 0 Å². The molecule has 0 bridgehead atoms. The normalized spacial score (nSPS) is 12.8. The van der Waals surface area contributed by atoms with Crippen molar-refractivity contribution in [2.24, 2.45) is 0 Å². The van der Waals surface area contributed by atoms with E-state index in [-0.39, 0.29) is 0 Å². The van der Waals surface area contributed by atoms with Gasteiger partial charge in [0.2, 0.25) is 0 Å². The van der Waals surface area contributed by atoms with Crippen molar-refractivity contribution in [3.8, 4) is 22.3 Å². The summed E-state index contributed by atoms with van der Waals surface area (Å²) >= 11 is 0. The van der Waals surface area contributed by atoms with Crippen LogP contribution < -0.4 is 0 Å².